The van der Waals surface area contributed by atoms with E-state index in [0.29, 0.717) is 19.4 Å². The van der Waals surface area contributed by atoms with Crippen LogP contribution in [0.2, 0.25) is 25.7 Å². The Morgan fingerprint density at radius 2 is 1.63 bits per heavy atom. The predicted molar refractivity (Wildman–Crippen MR) is 158 cm³/mol. The van der Waals surface area contributed by atoms with Crippen molar-refractivity contribution in [2.75, 3.05) is 13.2 Å². The van der Waals surface area contributed by atoms with Gasteiger partial charge in [0.1, 0.15) is 13.3 Å². The third kappa shape index (κ3) is 13.0. The maximum absolute atomic E-state index is 13.3. The van der Waals surface area contributed by atoms with Crippen molar-refractivity contribution in [1.29, 1.82) is 0 Å². The van der Waals surface area contributed by atoms with E-state index in [1.165, 1.54) is 0 Å². The van der Waals surface area contributed by atoms with Crippen LogP contribution in [0.15, 0.2) is 39.5 Å². The SMILES string of the molecule is CC(C)CC(NC(=O)[C@H](CC(C)C)NCC(=O)OCc1ccccc1)C(=O)c1nn(COCC[Si](C)(C)C)c(=O)o1. The van der Waals surface area contributed by atoms with E-state index in [1.54, 1.807) is 0 Å². The van der Waals surface area contributed by atoms with E-state index in [1.807, 2.05) is 58.0 Å². The van der Waals surface area contributed by atoms with Gasteiger partial charge < -0.3 is 19.2 Å². The summed E-state index contributed by atoms with van der Waals surface area (Å²) in [5.41, 5.74) is 0.861. The van der Waals surface area contributed by atoms with Gasteiger partial charge in [-0.3, -0.25) is 19.7 Å². The van der Waals surface area contributed by atoms with Gasteiger partial charge in [-0.1, -0.05) is 77.7 Å². The Morgan fingerprint density at radius 1 is 1.00 bits per heavy atom. The highest BCUT2D eigenvalue weighted by Gasteiger charge is 2.31. The second-order valence-electron chi connectivity index (χ2n) is 12.3. The molecule has 0 bridgehead atoms. The summed E-state index contributed by atoms with van der Waals surface area (Å²) in [6.45, 7) is 14.7. The van der Waals surface area contributed by atoms with E-state index >= 15 is 0 Å². The van der Waals surface area contributed by atoms with E-state index in [9.17, 15) is 19.2 Å². The molecule has 0 fully saturated rings. The standard InChI is InChI=1S/C29H46N4O7Si/c1-20(2)15-23(26(35)28-32-33(29(37)40-28)19-38-13-14-41(5,6)7)31-27(36)24(16-21(3)4)30-17-25(34)39-18-22-11-9-8-10-12-22/h8-12,20-21,23-24,30H,13-19H2,1-7H3,(H,31,36)/t23?,24-/m0/s1. The molecule has 0 aliphatic heterocycles. The van der Waals surface area contributed by atoms with Gasteiger partial charge in [-0.15, -0.1) is 5.10 Å². The van der Waals surface area contributed by atoms with Crippen LogP contribution in [0.25, 0.3) is 0 Å². The van der Waals surface area contributed by atoms with Gasteiger partial charge in [0.2, 0.25) is 11.7 Å². The number of ketones is 1. The van der Waals surface area contributed by atoms with Gasteiger partial charge in [0.05, 0.1) is 18.6 Å². The zero-order chi connectivity index (χ0) is 30.6. The fourth-order valence-electron chi connectivity index (χ4n) is 3.89. The van der Waals surface area contributed by atoms with Crippen LogP contribution in [0, 0.1) is 11.8 Å². The molecule has 41 heavy (non-hydrogen) atoms. The molecule has 0 radical (unpaired) electrons. The number of amides is 1. The molecule has 0 saturated carbocycles. The number of ether oxygens (including phenoxy) is 2. The summed E-state index contributed by atoms with van der Waals surface area (Å²) >= 11 is 0. The first-order valence-corrected chi connectivity index (χ1v) is 17.9. The molecule has 2 aromatic rings. The smallest absolute Gasteiger partial charge is 0.439 e. The Labute approximate surface area is 243 Å². The second kappa shape index (κ2) is 16.4. The summed E-state index contributed by atoms with van der Waals surface area (Å²) < 4.78 is 17.0. The van der Waals surface area contributed by atoms with Gasteiger partial charge in [0.25, 0.3) is 5.89 Å². The quantitative estimate of drug-likeness (QED) is 0.115. The normalized spacial score (nSPS) is 13.3. The fourth-order valence-corrected chi connectivity index (χ4v) is 4.65. The molecule has 0 spiro atoms. The molecule has 1 amide bonds. The molecule has 12 heteroatoms. The summed E-state index contributed by atoms with van der Waals surface area (Å²) in [5.74, 6) is -2.54. The predicted octanol–water partition coefficient (Wildman–Crippen LogP) is 3.61. The molecule has 1 unspecified atom stereocenters. The molecule has 228 valence electrons. The van der Waals surface area contributed by atoms with E-state index in [4.69, 9.17) is 13.9 Å². The van der Waals surface area contributed by atoms with Crippen LogP contribution in [0.1, 0.15) is 56.8 Å². The van der Waals surface area contributed by atoms with Crippen molar-refractivity contribution in [2.24, 2.45) is 11.8 Å². The molecule has 1 aromatic carbocycles. The number of hydrogen-bond donors (Lipinski definition) is 2. The zero-order valence-electron chi connectivity index (χ0n) is 25.4. The average molecular weight is 591 g/mol. The van der Waals surface area contributed by atoms with Gasteiger partial charge in [0.15, 0.2) is 0 Å². The lowest BCUT2D eigenvalue weighted by molar-refractivity contribution is -0.144. The number of carbonyl (C=O) groups excluding carboxylic acids is 3. The third-order valence-electron chi connectivity index (χ3n) is 6.13. The number of rotatable bonds is 18. The molecule has 0 aliphatic rings. The van der Waals surface area contributed by atoms with Gasteiger partial charge in [-0.05, 0) is 36.3 Å². The second-order valence-corrected chi connectivity index (χ2v) is 17.9. The van der Waals surface area contributed by atoms with Crippen molar-refractivity contribution >= 4 is 25.7 Å². The topological polar surface area (TPSA) is 142 Å². The van der Waals surface area contributed by atoms with Crippen LogP contribution in [-0.2, 0) is 32.4 Å². The van der Waals surface area contributed by atoms with Crippen LogP contribution in [-0.4, -0.2) is 60.7 Å². The summed E-state index contributed by atoms with van der Waals surface area (Å²) in [6.07, 6.45) is 0.736. The summed E-state index contributed by atoms with van der Waals surface area (Å²) in [7, 11) is -1.30. The van der Waals surface area contributed by atoms with Crippen molar-refractivity contribution in [2.45, 2.75) is 91.6 Å². The minimum absolute atomic E-state index is 0.0485. The highest BCUT2D eigenvalue weighted by atomic mass is 28.3. The molecule has 1 heterocycles. The molecule has 0 aliphatic carbocycles. The molecule has 1 aromatic heterocycles. The van der Waals surface area contributed by atoms with E-state index in [0.717, 1.165) is 16.3 Å². The van der Waals surface area contributed by atoms with Crippen LogP contribution >= 0.6 is 0 Å². The van der Waals surface area contributed by atoms with Crippen molar-refractivity contribution in [1.82, 2.24) is 20.4 Å². The minimum Gasteiger partial charge on any atom is -0.460 e. The first kappa shape index (κ1) is 34.1. The molecular weight excluding hydrogens is 544 g/mol. The number of hydrogen-bond acceptors (Lipinski definition) is 9. The summed E-state index contributed by atoms with van der Waals surface area (Å²) in [6, 6.07) is 8.51. The van der Waals surface area contributed by atoms with E-state index < -0.39 is 43.6 Å². The van der Waals surface area contributed by atoms with Crippen LogP contribution in [0.3, 0.4) is 0 Å². The number of Topliss-reactive ketones (excluding diaryl/α,β-unsaturated/α-hetero) is 1. The number of nitrogens with zero attached hydrogens (tertiary/aromatic N) is 2. The minimum atomic E-state index is -1.30. The Kier molecular flexibility index (Phi) is 13.6. The van der Waals surface area contributed by atoms with Crippen LogP contribution < -0.4 is 16.4 Å². The van der Waals surface area contributed by atoms with Crippen molar-refractivity contribution in [3.63, 3.8) is 0 Å². The van der Waals surface area contributed by atoms with Crippen molar-refractivity contribution in [3.05, 3.63) is 52.3 Å². The van der Waals surface area contributed by atoms with Crippen LogP contribution in [0.5, 0.6) is 0 Å². The first-order valence-electron chi connectivity index (χ1n) is 14.2. The first-order chi connectivity index (χ1) is 19.2. The summed E-state index contributed by atoms with van der Waals surface area (Å²) in [5, 5.41) is 9.79. The van der Waals surface area contributed by atoms with Crippen molar-refractivity contribution < 1.29 is 28.3 Å². The Hall–Kier alpha value is -3.09. The highest BCUT2D eigenvalue weighted by molar-refractivity contribution is 6.76. The highest BCUT2D eigenvalue weighted by Crippen LogP contribution is 2.13. The van der Waals surface area contributed by atoms with Crippen molar-refractivity contribution in [3.8, 4) is 0 Å². The van der Waals surface area contributed by atoms with E-state index in [-0.39, 0.29) is 37.6 Å². The Balaban J connectivity index is 2.04. The number of carbonyl (C=O) groups is 3. The van der Waals surface area contributed by atoms with Gasteiger partial charge in [-0.2, -0.15) is 4.68 Å². The van der Waals surface area contributed by atoms with Crippen LogP contribution in [0.4, 0.5) is 0 Å². The van der Waals surface area contributed by atoms with Gasteiger partial charge >= 0.3 is 11.7 Å². The number of aromatic nitrogens is 2. The molecule has 0 saturated heterocycles. The molecule has 11 nitrogen and oxygen atoms in total. The maximum atomic E-state index is 13.3. The monoisotopic (exact) mass is 590 g/mol. The lowest BCUT2D eigenvalue weighted by Crippen LogP contribution is -2.52. The fraction of sp³-hybridized carbons (Fsp3) is 0.621. The number of benzene rings is 1. The Bertz CT molecular complexity index is 1170. The number of nitrogens with one attached hydrogen (secondary N) is 2. The zero-order valence-corrected chi connectivity index (χ0v) is 26.4. The lowest BCUT2D eigenvalue weighted by atomic mass is 9.98. The molecular formula is C29H46N4O7Si. The van der Waals surface area contributed by atoms with Gasteiger partial charge in [-0.25, -0.2) is 4.79 Å². The van der Waals surface area contributed by atoms with Gasteiger partial charge in [0, 0.05) is 14.7 Å². The third-order valence-corrected chi connectivity index (χ3v) is 7.83. The van der Waals surface area contributed by atoms with E-state index in [2.05, 4.69) is 35.4 Å². The average Bonchev–Trinajstić information content (AvgIpc) is 3.26. The summed E-state index contributed by atoms with van der Waals surface area (Å²) in [4.78, 5) is 51.3. The molecule has 2 atom stereocenters. The molecule has 2 N–H and O–H groups in total. The Morgan fingerprint density at radius 3 is 2.24 bits per heavy atom. The maximum Gasteiger partial charge on any atom is 0.439 e. The lowest BCUT2D eigenvalue weighted by Gasteiger charge is -2.24. The molecule has 2 rings (SSSR count). The number of esters is 1. The largest absolute Gasteiger partial charge is 0.460 e.